The number of hydrogen-bond acceptors (Lipinski definition) is 0. The third kappa shape index (κ3) is 12.0. The monoisotopic (exact) mass is 1000 g/mol. The van der Waals surface area contributed by atoms with Crippen LogP contribution < -0.4 is 24.8 Å². The molecule has 0 aromatic heterocycles. The first-order chi connectivity index (χ1) is 32.0. The van der Waals surface area contributed by atoms with Gasteiger partial charge in [-0.2, -0.15) is 18.2 Å². The average Bonchev–Trinajstić information content (AvgIpc) is 4.05. The van der Waals surface area contributed by atoms with E-state index in [2.05, 4.69) is 236 Å². The summed E-state index contributed by atoms with van der Waals surface area (Å²) in [5, 5.41) is 0. The van der Waals surface area contributed by atoms with Crippen molar-refractivity contribution in [3.63, 3.8) is 0 Å². The summed E-state index contributed by atoms with van der Waals surface area (Å²) in [6.07, 6.45) is 3.13. The van der Waals surface area contributed by atoms with Gasteiger partial charge in [0.25, 0.3) is 0 Å². The van der Waals surface area contributed by atoms with Crippen LogP contribution in [0.25, 0.3) is 33.4 Å². The summed E-state index contributed by atoms with van der Waals surface area (Å²) in [4.78, 5) is 0. The van der Waals surface area contributed by atoms with Crippen molar-refractivity contribution >= 4 is 3.21 Å². The molecule has 0 bridgehead atoms. The van der Waals surface area contributed by atoms with Crippen LogP contribution in [-0.2, 0) is 54.3 Å². The fraction of sp³-hybridized carbons (Fsp3) is 0.169. The van der Waals surface area contributed by atoms with Crippen LogP contribution in [0.15, 0.2) is 218 Å². The van der Waals surface area contributed by atoms with Crippen molar-refractivity contribution in [2.45, 2.75) is 71.6 Å². The van der Waals surface area contributed by atoms with Gasteiger partial charge in [0.2, 0.25) is 0 Å². The van der Waals surface area contributed by atoms with E-state index in [1.807, 2.05) is 30.3 Å². The Morgan fingerprint density at radius 3 is 1.37 bits per heavy atom. The second-order valence-electron chi connectivity index (χ2n) is 18.7. The Balaban J connectivity index is 0.000000274. The molecule has 340 valence electrons. The number of hydrogen-bond donors (Lipinski definition) is 0. The topological polar surface area (TPSA) is 0 Å². The van der Waals surface area contributed by atoms with Crippen molar-refractivity contribution in [3.8, 4) is 33.4 Å². The molecule has 1 aliphatic rings. The van der Waals surface area contributed by atoms with Crippen LogP contribution in [0.3, 0.4) is 0 Å². The smallest absolute Gasteiger partial charge is 0.172 e. The molecule has 3 heteroatoms. The van der Waals surface area contributed by atoms with Gasteiger partial charge in [0.05, 0.1) is 0 Å². The summed E-state index contributed by atoms with van der Waals surface area (Å²) >= 11 is 1.55. The summed E-state index contributed by atoms with van der Waals surface area (Å²) < 4.78 is 1.60. The van der Waals surface area contributed by atoms with Crippen LogP contribution in [0.5, 0.6) is 0 Å². The zero-order valence-electron chi connectivity index (χ0n) is 40.2. The summed E-state index contributed by atoms with van der Waals surface area (Å²) in [7, 11) is 0. The first-order valence-corrected chi connectivity index (χ1v) is 24.5. The Morgan fingerprint density at radius 2 is 0.897 bits per heavy atom. The molecule has 9 aromatic rings. The van der Waals surface area contributed by atoms with Crippen molar-refractivity contribution in [1.29, 1.82) is 0 Å². The zero-order chi connectivity index (χ0) is 46.1. The molecule has 0 nitrogen and oxygen atoms in total. The van der Waals surface area contributed by atoms with Gasteiger partial charge in [-0.25, -0.2) is 12.1 Å². The molecule has 0 fully saturated rings. The summed E-state index contributed by atoms with van der Waals surface area (Å²) in [5.74, 6) is 0. The normalized spacial score (nSPS) is 11.3. The molecular weight excluding hydrogens is 943 g/mol. The maximum absolute atomic E-state index is 4.03. The molecule has 0 spiro atoms. The molecule has 0 unspecified atom stereocenters. The standard InChI is InChI=1S/C45H41.C15H14.C5H5.2ClH.Zr/c1-30-17-13-15-23-36(30)40-26-32-25-33-27-41(37-24-16-14-18-31(37)2)43(45(5,6)35-21-11-8-12-22-35)29-39(33)38(32)28-42(40)44(3,4)34-19-9-7-10-20-34;1-3-8-14(9-4-1)12-7-13-15-10-5-2-6-11-15;1-2-4-5-3-1;;;/h7-24,26,28-29H,25H2,1-6H3;1-6,8-11H,12-13H2;1-5H;2*1H;/q-1;;-1;;;+2/p-2. The Hall–Kier alpha value is -5.56. The van der Waals surface area contributed by atoms with Crippen LogP contribution in [0.1, 0.15) is 83.3 Å². The van der Waals surface area contributed by atoms with E-state index < -0.39 is 0 Å². The average molecular weight is 1000 g/mol. The van der Waals surface area contributed by atoms with Crippen molar-refractivity contribution in [2.24, 2.45) is 0 Å². The van der Waals surface area contributed by atoms with Crippen LogP contribution >= 0.6 is 0 Å². The molecule has 0 N–H and O–H groups in total. The number of aryl methyl sites for hydroxylation is 2. The van der Waals surface area contributed by atoms with Crippen LogP contribution in [-0.4, -0.2) is 3.21 Å². The second kappa shape index (κ2) is 23.6. The fourth-order valence-corrected chi connectivity index (χ4v) is 10.5. The van der Waals surface area contributed by atoms with Crippen LogP contribution in [0.4, 0.5) is 0 Å². The van der Waals surface area contributed by atoms with Crippen molar-refractivity contribution in [2.75, 3.05) is 0 Å². The molecule has 0 atom stereocenters. The van der Waals surface area contributed by atoms with Gasteiger partial charge in [0, 0.05) is 5.41 Å². The van der Waals surface area contributed by atoms with Crippen molar-refractivity contribution in [1.82, 2.24) is 0 Å². The predicted molar refractivity (Wildman–Crippen MR) is 278 cm³/mol. The van der Waals surface area contributed by atoms with Crippen LogP contribution in [0, 0.1) is 19.9 Å². The zero-order valence-corrected chi connectivity index (χ0v) is 44.1. The maximum atomic E-state index is 4.03. The Bertz CT molecular complexity index is 2800. The molecule has 9 aromatic carbocycles. The number of benzene rings is 8. The molecule has 1 aliphatic carbocycles. The SMILES string of the molecule is Cc1ccccc1-c1[c-]c2c(cc1C(C)(C)c1ccccc1)-c1cc(C(C)(C)c3ccccc3)c(-c3ccccc3C)cc1C2.[Cl-].[Cl-].[Zr+2]=[C](Cc1ccccc1)Cc1ccccc1.c1cc[cH-]c1. The van der Waals surface area contributed by atoms with Gasteiger partial charge in [0.1, 0.15) is 0 Å². The Morgan fingerprint density at radius 1 is 0.471 bits per heavy atom. The minimum Gasteiger partial charge on any atom is -0.214 e. The van der Waals surface area contributed by atoms with Crippen LogP contribution in [0.2, 0.25) is 0 Å². The number of halogens is 2. The van der Waals surface area contributed by atoms with E-state index in [0.717, 1.165) is 19.3 Å². The molecule has 0 saturated heterocycles. The van der Waals surface area contributed by atoms with E-state index in [4.69, 9.17) is 0 Å². The minimum absolute atomic E-state index is 0. The third-order valence-corrected chi connectivity index (χ3v) is 14.2. The molecule has 0 heterocycles. The van der Waals surface area contributed by atoms with E-state index in [0.29, 0.717) is 0 Å². The fourth-order valence-electron chi connectivity index (χ4n) is 9.46. The Labute approximate surface area is 434 Å². The maximum Gasteiger partial charge on any atom is -0.172 e. The van der Waals surface area contributed by atoms with Gasteiger partial charge in [-0.1, -0.05) is 171 Å². The summed E-state index contributed by atoms with van der Waals surface area (Å²) in [6, 6.07) is 82.4. The summed E-state index contributed by atoms with van der Waals surface area (Å²) in [5.41, 5.74) is 20.8. The quantitative estimate of drug-likeness (QED) is 0.120. The second-order valence-corrected chi connectivity index (χ2v) is 20.4. The number of fused-ring (bicyclic) bond motifs is 3. The van der Waals surface area contributed by atoms with Gasteiger partial charge in [-0.15, -0.1) is 28.8 Å². The number of rotatable bonds is 10. The van der Waals surface area contributed by atoms with E-state index in [9.17, 15) is 0 Å². The van der Waals surface area contributed by atoms with E-state index in [1.165, 1.54) is 89.0 Å². The van der Waals surface area contributed by atoms with E-state index >= 15 is 0 Å². The van der Waals surface area contributed by atoms with E-state index in [1.54, 1.807) is 27.4 Å². The van der Waals surface area contributed by atoms with E-state index in [-0.39, 0.29) is 35.6 Å². The van der Waals surface area contributed by atoms with Crippen molar-refractivity contribution < 1.29 is 49.0 Å². The molecule has 0 amide bonds. The largest absolute Gasteiger partial charge is 0.214 e. The molecule has 0 saturated carbocycles. The molecule has 68 heavy (non-hydrogen) atoms. The van der Waals surface area contributed by atoms with Gasteiger partial charge in [0.15, 0.2) is 0 Å². The van der Waals surface area contributed by atoms with Gasteiger partial charge in [-0.05, 0) is 64.6 Å². The molecule has 0 radical (unpaired) electrons. The molecule has 0 aliphatic heterocycles. The molecular formula is C65H60Cl2Zr-2. The predicted octanol–water partition coefficient (Wildman–Crippen LogP) is 10.3. The molecule has 10 rings (SSSR count). The Kier molecular flexibility index (Phi) is 18.0. The first kappa shape index (κ1) is 51.8. The third-order valence-electron chi connectivity index (χ3n) is 13.3. The van der Waals surface area contributed by atoms with Gasteiger partial charge in [-0.3, -0.25) is 0 Å². The summed E-state index contributed by atoms with van der Waals surface area (Å²) in [6.45, 7) is 13.9. The van der Waals surface area contributed by atoms with Gasteiger partial charge < -0.3 is 24.8 Å². The van der Waals surface area contributed by atoms with Crippen molar-refractivity contribution in [3.05, 3.63) is 280 Å². The van der Waals surface area contributed by atoms with Gasteiger partial charge >= 0.3 is 112 Å². The minimum atomic E-state index is -0.208. The first-order valence-electron chi connectivity index (χ1n) is 23.3.